The maximum absolute atomic E-state index is 12.0. The van der Waals surface area contributed by atoms with Crippen molar-refractivity contribution < 1.29 is 9.53 Å². The number of carbonyl (C=O) groups is 1. The maximum Gasteiger partial charge on any atom is 0.251 e. The Morgan fingerprint density at radius 2 is 2.47 bits per heavy atom. The summed E-state index contributed by atoms with van der Waals surface area (Å²) in [4.78, 5) is 16.2. The molecule has 0 unspecified atom stereocenters. The fourth-order valence-electron chi connectivity index (χ4n) is 2.15. The smallest absolute Gasteiger partial charge is 0.251 e. The highest BCUT2D eigenvalue weighted by Crippen LogP contribution is 2.26. The summed E-state index contributed by atoms with van der Waals surface area (Å²) >= 11 is 7.26. The van der Waals surface area contributed by atoms with E-state index in [-0.39, 0.29) is 12.0 Å². The summed E-state index contributed by atoms with van der Waals surface area (Å²) in [6.07, 6.45) is 2.24. The van der Waals surface area contributed by atoms with E-state index < -0.39 is 0 Å². The molecule has 1 aliphatic heterocycles. The van der Waals surface area contributed by atoms with Gasteiger partial charge in [-0.15, -0.1) is 11.3 Å². The lowest BCUT2D eigenvalue weighted by Gasteiger charge is -2.10. The monoisotopic (exact) mass is 296 g/mol. The molecule has 6 heteroatoms. The first-order valence-electron chi connectivity index (χ1n) is 6.18. The molecular formula is C13H13ClN2O2S. The molecule has 1 fully saturated rings. The Morgan fingerprint density at radius 3 is 3.26 bits per heavy atom. The van der Waals surface area contributed by atoms with Crippen molar-refractivity contribution in [2.45, 2.75) is 18.9 Å². The number of ether oxygens (including phenoxy) is 1. The molecule has 1 amide bonds. The van der Waals surface area contributed by atoms with Crippen LogP contribution < -0.4 is 5.32 Å². The van der Waals surface area contributed by atoms with Crippen LogP contribution in [-0.2, 0) is 4.74 Å². The van der Waals surface area contributed by atoms with E-state index in [1.165, 1.54) is 11.3 Å². The molecule has 100 valence electrons. The minimum atomic E-state index is -0.0958. The van der Waals surface area contributed by atoms with Gasteiger partial charge in [-0.05, 0) is 31.0 Å². The van der Waals surface area contributed by atoms with Crippen molar-refractivity contribution in [3.63, 3.8) is 0 Å². The third kappa shape index (κ3) is 2.88. The number of hydrogen-bond donors (Lipinski definition) is 1. The molecule has 1 N–H and O–H groups in total. The number of aromatic nitrogens is 1. The SMILES string of the molecule is O=C(NC[C@H]1CCCO1)c1ccc2sc(Cl)nc2c1. The van der Waals surface area contributed by atoms with Crippen LogP contribution in [0, 0.1) is 0 Å². The summed E-state index contributed by atoms with van der Waals surface area (Å²) in [5.41, 5.74) is 1.37. The standard InChI is InChI=1S/C13H13ClN2O2S/c14-13-16-10-6-8(3-4-11(10)19-13)12(17)15-7-9-2-1-5-18-9/h3-4,6,9H,1-2,5,7H2,(H,15,17)/t9-/m1/s1. The van der Waals surface area contributed by atoms with Crippen molar-refractivity contribution in [1.82, 2.24) is 10.3 Å². The average molecular weight is 297 g/mol. The molecule has 0 saturated carbocycles. The summed E-state index contributed by atoms with van der Waals surface area (Å²) in [6.45, 7) is 1.36. The summed E-state index contributed by atoms with van der Waals surface area (Å²) in [6, 6.07) is 5.43. The predicted octanol–water partition coefficient (Wildman–Crippen LogP) is 2.86. The molecule has 4 nitrogen and oxygen atoms in total. The Bertz CT molecular complexity index is 608. The normalized spacial score (nSPS) is 18.9. The van der Waals surface area contributed by atoms with Gasteiger partial charge in [0.2, 0.25) is 0 Å². The Labute approximate surface area is 119 Å². The van der Waals surface area contributed by atoms with E-state index in [1.54, 1.807) is 12.1 Å². The van der Waals surface area contributed by atoms with Crippen molar-refractivity contribution in [3.8, 4) is 0 Å². The molecule has 0 radical (unpaired) electrons. The zero-order valence-electron chi connectivity index (χ0n) is 10.2. The quantitative estimate of drug-likeness (QED) is 0.947. The van der Waals surface area contributed by atoms with Crippen LogP contribution in [0.1, 0.15) is 23.2 Å². The molecule has 1 aromatic carbocycles. The van der Waals surface area contributed by atoms with Crippen LogP contribution in [0.3, 0.4) is 0 Å². The second-order valence-corrected chi connectivity index (χ2v) is 6.11. The van der Waals surface area contributed by atoms with Gasteiger partial charge in [0.05, 0.1) is 16.3 Å². The van der Waals surface area contributed by atoms with Gasteiger partial charge in [0.25, 0.3) is 5.91 Å². The molecule has 0 spiro atoms. The van der Waals surface area contributed by atoms with E-state index in [9.17, 15) is 4.79 Å². The first kappa shape index (κ1) is 12.8. The van der Waals surface area contributed by atoms with Crippen LogP contribution in [-0.4, -0.2) is 30.1 Å². The topological polar surface area (TPSA) is 51.2 Å². The van der Waals surface area contributed by atoms with Crippen molar-refractivity contribution in [1.29, 1.82) is 0 Å². The molecular weight excluding hydrogens is 284 g/mol. The Kier molecular flexibility index (Phi) is 3.68. The predicted molar refractivity (Wildman–Crippen MR) is 75.9 cm³/mol. The average Bonchev–Trinajstić information content (AvgIpc) is 3.02. The van der Waals surface area contributed by atoms with Crippen LogP contribution in [0.2, 0.25) is 4.47 Å². The Hall–Kier alpha value is -1.17. The number of nitrogens with one attached hydrogen (secondary N) is 1. The van der Waals surface area contributed by atoms with E-state index >= 15 is 0 Å². The van der Waals surface area contributed by atoms with Gasteiger partial charge in [0, 0.05) is 18.7 Å². The number of amides is 1. The minimum absolute atomic E-state index is 0.0958. The molecule has 0 aliphatic carbocycles. The molecule has 1 saturated heterocycles. The van der Waals surface area contributed by atoms with Gasteiger partial charge < -0.3 is 10.1 Å². The molecule has 19 heavy (non-hydrogen) atoms. The number of hydrogen-bond acceptors (Lipinski definition) is 4. The van der Waals surface area contributed by atoms with Crippen LogP contribution in [0.4, 0.5) is 0 Å². The fourth-order valence-corrected chi connectivity index (χ4v) is 3.17. The number of fused-ring (bicyclic) bond motifs is 1. The highest BCUT2D eigenvalue weighted by molar-refractivity contribution is 7.22. The molecule has 1 aliphatic rings. The number of thiazole rings is 1. The zero-order chi connectivity index (χ0) is 13.2. The van der Waals surface area contributed by atoms with Gasteiger partial charge in [-0.3, -0.25) is 4.79 Å². The summed E-state index contributed by atoms with van der Waals surface area (Å²) in [5, 5.41) is 2.89. The summed E-state index contributed by atoms with van der Waals surface area (Å²) < 4.78 is 6.95. The number of halogens is 1. The summed E-state index contributed by atoms with van der Waals surface area (Å²) in [7, 11) is 0. The number of carbonyl (C=O) groups excluding carboxylic acids is 1. The van der Waals surface area contributed by atoms with E-state index in [1.807, 2.05) is 6.07 Å². The van der Waals surface area contributed by atoms with Gasteiger partial charge >= 0.3 is 0 Å². The van der Waals surface area contributed by atoms with Crippen molar-refractivity contribution in [2.75, 3.05) is 13.2 Å². The molecule has 0 bridgehead atoms. The van der Waals surface area contributed by atoms with Gasteiger partial charge in [-0.25, -0.2) is 4.98 Å². The van der Waals surface area contributed by atoms with E-state index in [0.717, 1.165) is 29.7 Å². The van der Waals surface area contributed by atoms with Crippen LogP contribution in [0.15, 0.2) is 18.2 Å². The van der Waals surface area contributed by atoms with Crippen molar-refractivity contribution in [2.24, 2.45) is 0 Å². The highest BCUT2D eigenvalue weighted by atomic mass is 35.5. The maximum atomic E-state index is 12.0. The van der Waals surface area contributed by atoms with Crippen LogP contribution in [0.25, 0.3) is 10.2 Å². The second kappa shape index (κ2) is 5.45. The summed E-state index contributed by atoms with van der Waals surface area (Å²) in [5.74, 6) is -0.0958. The van der Waals surface area contributed by atoms with Crippen LogP contribution >= 0.6 is 22.9 Å². The van der Waals surface area contributed by atoms with Crippen molar-refractivity contribution in [3.05, 3.63) is 28.2 Å². The highest BCUT2D eigenvalue weighted by Gasteiger charge is 2.17. The molecule has 1 atom stereocenters. The van der Waals surface area contributed by atoms with Gasteiger partial charge in [0.1, 0.15) is 0 Å². The first-order chi connectivity index (χ1) is 9.22. The molecule has 3 rings (SSSR count). The largest absolute Gasteiger partial charge is 0.376 e. The third-order valence-corrected chi connectivity index (χ3v) is 4.28. The van der Waals surface area contributed by atoms with Crippen LogP contribution in [0.5, 0.6) is 0 Å². The lowest BCUT2D eigenvalue weighted by Crippen LogP contribution is -2.31. The first-order valence-corrected chi connectivity index (χ1v) is 7.38. The minimum Gasteiger partial charge on any atom is -0.376 e. The molecule has 2 heterocycles. The van der Waals surface area contributed by atoms with Gasteiger partial charge in [-0.1, -0.05) is 11.6 Å². The van der Waals surface area contributed by atoms with E-state index in [2.05, 4.69) is 10.3 Å². The zero-order valence-corrected chi connectivity index (χ0v) is 11.8. The van der Waals surface area contributed by atoms with Gasteiger partial charge in [-0.2, -0.15) is 0 Å². The fraction of sp³-hybridized carbons (Fsp3) is 0.385. The third-order valence-electron chi connectivity index (χ3n) is 3.14. The second-order valence-electron chi connectivity index (χ2n) is 4.49. The number of nitrogens with zero attached hydrogens (tertiary/aromatic N) is 1. The van der Waals surface area contributed by atoms with Crippen molar-refractivity contribution >= 4 is 39.1 Å². The molecule has 1 aromatic heterocycles. The lowest BCUT2D eigenvalue weighted by molar-refractivity contribution is 0.0858. The number of rotatable bonds is 3. The Balaban J connectivity index is 1.69. The van der Waals surface area contributed by atoms with Gasteiger partial charge in [0.15, 0.2) is 4.47 Å². The lowest BCUT2D eigenvalue weighted by atomic mass is 10.2. The van der Waals surface area contributed by atoms with E-state index in [0.29, 0.717) is 16.6 Å². The Morgan fingerprint density at radius 1 is 1.58 bits per heavy atom. The molecule has 2 aromatic rings. The van der Waals surface area contributed by atoms with E-state index in [4.69, 9.17) is 16.3 Å². The number of benzene rings is 1.